The quantitative estimate of drug-likeness (QED) is 0.428. The van der Waals surface area contributed by atoms with Crippen molar-refractivity contribution in [1.82, 2.24) is 9.55 Å². The number of thioether (sulfide) groups is 1. The molecule has 9 heteroatoms. The average Bonchev–Trinajstić information content (AvgIpc) is 2.80. The van der Waals surface area contributed by atoms with Crippen molar-refractivity contribution in [3.8, 4) is 11.5 Å². The van der Waals surface area contributed by atoms with E-state index in [-0.39, 0.29) is 17.9 Å². The second kappa shape index (κ2) is 9.26. The number of halogens is 1. The van der Waals surface area contributed by atoms with Gasteiger partial charge in [-0.2, -0.15) is 4.98 Å². The molecular formula is C23H22ClN3O4S. The fraction of sp³-hybridized carbons (Fsp3) is 0.261. The molecule has 2 heterocycles. The average molecular weight is 472 g/mol. The number of fused-ring (bicyclic) bond motifs is 1. The smallest absolute Gasteiger partial charge is 0.279 e. The SMILES string of the molecule is COc1ccc(C2CC(=O)Nc3c2c(=O)nc(SCc2ccc(Cl)cc2)n3C)cc1OC. The summed E-state index contributed by atoms with van der Waals surface area (Å²) in [5, 5.41) is 4.06. The zero-order valence-electron chi connectivity index (χ0n) is 17.8. The maximum atomic E-state index is 13.1. The zero-order valence-corrected chi connectivity index (χ0v) is 19.4. The first-order chi connectivity index (χ1) is 15.4. The number of rotatable bonds is 6. The van der Waals surface area contributed by atoms with E-state index >= 15 is 0 Å². The molecule has 0 aliphatic carbocycles. The Kier molecular flexibility index (Phi) is 6.43. The number of carbonyl (C=O) groups is 1. The van der Waals surface area contributed by atoms with E-state index in [9.17, 15) is 9.59 Å². The van der Waals surface area contributed by atoms with Crippen LogP contribution in [0.1, 0.15) is 29.0 Å². The van der Waals surface area contributed by atoms with Crippen LogP contribution in [0.2, 0.25) is 5.02 Å². The third-order valence-corrected chi connectivity index (χ3v) is 6.75. The molecule has 32 heavy (non-hydrogen) atoms. The molecule has 1 amide bonds. The van der Waals surface area contributed by atoms with Crippen LogP contribution in [-0.4, -0.2) is 29.7 Å². The van der Waals surface area contributed by atoms with Gasteiger partial charge in [-0.05, 0) is 35.4 Å². The molecule has 1 aromatic heterocycles. The number of nitrogens with zero attached hydrogens (tertiary/aromatic N) is 2. The largest absolute Gasteiger partial charge is 0.493 e. The summed E-state index contributed by atoms with van der Waals surface area (Å²) in [5.74, 6) is 1.62. The highest BCUT2D eigenvalue weighted by atomic mass is 35.5. The number of carbonyl (C=O) groups excluding carboxylic acids is 1. The van der Waals surface area contributed by atoms with E-state index in [4.69, 9.17) is 21.1 Å². The van der Waals surface area contributed by atoms with Gasteiger partial charge < -0.3 is 19.4 Å². The highest BCUT2D eigenvalue weighted by Gasteiger charge is 2.32. The van der Waals surface area contributed by atoms with Crippen molar-refractivity contribution in [3.63, 3.8) is 0 Å². The van der Waals surface area contributed by atoms with Crippen LogP contribution in [0.4, 0.5) is 5.82 Å². The number of amides is 1. The van der Waals surface area contributed by atoms with Crippen LogP contribution in [0.15, 0.2) is 52.4 Å². The van der Waals surface area contributed by atoms with Gasteiger partial charge in [0.1, 0.15) is 5.82 Å². The lowest BCUT2D eigenvalue weighted by Gasteiger charge is -2.28. The number of ether oxygens (including phenoxy) is 2. The minimum atomic E-state index is -0.430. The summed E-state index contributed by atoms with van der Waals surface area (Å²) < 4.78 is 12.5. The number of anilines is 1. The Hall–Kier alpha value is -2.97. The van der Waals surface area contributed by atoms with Crippen LogP contribution in [0.3, 0.4) is 0 Å². The van der Waals surface area contributed by atoms with Crippen LogP contribution in [-0.2, 0) is 17.6 Å². The lowest BCUT2D eigenvalue weighted by Crippen LogP contribution is -2.33. The predicted molar refractivity (Wildman–Crippen MR) is 125 cm³/mol. The Bertz CT molecular complexity index is 1230. The molecule has 166 valence electrons. The van der Waals surface area contributed by atoms with E-state index in [0.717, 1.165) is 11.1 Å². The van der Waals surface area contributed by atoms with Gasteiger partial charge in [0.05, 0.1) is 19.8 Å². The molecule has 0 spiro atoms. The topological polar surface area (TPSA) is 82.5 Å². The van der Waals surface area contributed by atoms with Gasteiger partial charge in [0.2, 0.25) is 5.91 Å². The first-order valence-corrected chi connectivity index (χ1v) is 11.3. The Morgan fingerprint density at radius 2 is 1.84 bits per heavy atom. The molecule has 7 nitrogen and oxygen atoms in total. The maximum Gasteiger partial charge on any atom is 0.279 e. The molecule has 1 unspecified atom stereocenters. The van der Waals surface area contributed by atoms with Crippen molar-refractivity contribution in [2.24, 2.45) is 7.05 Å². The second-order valence-electron chi connectivity index (χ2n) is 7.36. The lowest BCUT2D eigenvalue weighted by molar-refractivity contribution is -0.116. The number of benzene rings is 2. The molecule has 0 saturated heterocycles. The number of hydrogen-bond donors (Lipinski definition) is 1. The summed E-state index contributed by atoms with van der Waals surface area (Å²) in [7, 11) is 4.91. The Labute approximate surface area is 194 Å². The number of aromatic nitrogens is 2. The fourth-order valence-corrected chi connectivity index (χ4v) is 4.79. The lowest BCUT2D eigenvalue weighted by atomic mass is 9.86. The van der Waals surface area contributed by atoms with Crippen molar-refractivity contribution >= 4 is 35.1 Å². The third kappa shape index (κ3) is 4.33. The van der Waals surface area contributed by atoms with Crippen LogP contribution < -0.4 is 20.3 Å². The molecule has 1 N–H and O–H groups in total. The number of hydrogen-bond acceptors (Lipinski definition) is 6. The van der Waals surface area contributed by atoms with E-state index in [1.165, 1.54) is 11.8 Å². The van der Waals surface area contributed by atoms with Crippen molar-refractivity contribution in [2.45, 2.75) is 23.2 Å². The van der Waals surface area contributed by atoms with E-state index in [1.807, 2.05) is 30.3 Å². The summed E-state index contributed by atoms with van der Waals surface area (Å²) in [4.78, 5) is 30.0. The van der Waals surface area contributed by atoms with Crippen LogP contribution in [0, 0.1) is 0 Å². The first-order valence-electron chi connectivity index (χ1n) is 9.91. The second-order valence-corrected chi connectivity index (χ2v) is 8.73. The molecule has 0 bridgehead atoms. The monoisotopic (exact) mass is 471 g/mol. The summed E-state index contributed by atoms with van der Waals surface area (Å²) >= 11 is 7.37. The van der Waals surface area contributed by atoms with E-state index < -0.39 is 5.92 Å². The summed E-state index contributed by atoms with van der Waals surface area (Å²) in [5.41, 5.74) is 1.96. The molecule has 1 aliphatic heterocycles. The van der Waals surface area contributed by atoms with Gasteiger partial charge in [0.25, 0.3) is 5.56 Å². The van der Waals surface area contributed by atoms with Gasteiger partial charge in [-0.1, -0.05) is 41.6 Å². The minimum absolute atomic E-state index is 0.149. The molecule has 2 aromatic carbocycles. The van der Waals surface area contributed by atoms with E-state index in [2.05, 4.69) is 10.3 Å². The standard InChI is InChI=1S/C23H22ClN3O4S/c1-27-21-20(22(29)26-23(27)32-12-13-4-7-15(24)8-5-13)16(11-19(28)25-21)14-6-9-17(30-2)18(10-14)31-3/h4-10,16H,11-12H2,1-3H3,(H,25,28). The molecule has 0 radical (unpaired) electrons. The van der Waals surface area contributed by atoms with Gasteiger partial charge in [-0.15, -0.1) is 0 Å². The van der Waals surface area contributed by atoms with Gasteiger partial charge in [-0.3, -0.25) is 9.59 Å². The highest BCUT2D eigenvalue weighted by Crippen LogP contribution is 2.39. The van der Waals surface area contributed by atoms with E-state index in [1.54, 1.807) is 38.0 Å². The normalized spacial score (nSPS) is 15.1. The van der Waals surface area contributed by atoms with Crippen LogP contribution in [0.5, 0.6) is 11.5 Å². The maximum absolute atomic E-state index is 13.1. The molecule has 0 fully saturated rings. The molecule has 3 aromatic rings. The van der Waals surface area contributed by atoms with Gasteiger partial charge in [0, 0.05) is 30.2 Å². The summed E-state index contributed by atoms with van der Waals surface area (Å²) in [6, 6.07) is 12.9. The highest BCUT2D eigenvalue weighted by molar-refractivity contribution is 7.98. The molecule has 1 atom stereocenters. The third-order valence-electron chi connectivity index (χ3n) is 5.39. The number of methoxy groups -OCH3 is 2. The van der Waals surface area contributed by atoms with Crippen molar-refractivity contribution in [3.05, 3.63) is 74.5 Å². The molecule has 4 rings (SSSR count). The van der Waals surface area contributed by atoms with Gasteiger partial charge in [-0.25, -0.2) is 0 Å². The van der Waals surface area contributed by atoms with Crippen molar-refractivity contribution in [2.75, 3.05) is 19.5 Å². The minimum Gasteiger partial charge on any atom is -0.493 e. The van der Waals surface area contributed by atoms with Crippen molar-refractivity contribution in [1.29, 1.82) is 0 Å². The van der Waals surface area contributed by atoms with Crippen LogP contribution >= 0.6 is 23.4 Å². The first kappa shape index (κ1) is 22.2. The van der Waals surface area contributed by atoms with Gasteiger partial charge >= 0.3 is 0 Å². The molecule has 0 saturated carbocycles. The summed E-state index contributed by atoms with van der Waals surface area (Å²) in [6.45, 7) is 0. The van der Waals surface area contributed by atoms with Crippen molar-refractivity contribution < 1.29 is 14.3 Å². The Morgan fingerprint density at radius 1 is 1.12 bits per heavy atom. The van der Waals surface area contributed by atoms with E-state index in [0.29, 0.717) is 38.8 Å². The predicted octanol–water partition coefficient (Wildman–Crippen LogP) is 4.22. The van der Waals surface area contributed by atoms with Crippen LogP contribution in [0.25, 0.3) is 0 Å². The summed E-state index contributed by atoms with van der Waals surface area (Å²) in [6.07, 6.45) is 0.149. The number of nitrogens with one attached hydrogen (secondary N) is 1. The Balaban J connectivity index is 1.71. The zero-order chi connectivity index (χ0) is 22.8. The molecular weight excluding hydrogens is 450 g/mol. The Morgan fingerprint density at radius 3 is 2.53 bits per heavy atom. The molecule has 1 aliphatic rings. The fourth-order valence-electron chi connectivity index (χ4n) is 3.75. The van der Waals surface area contributed by atoms with Gasteiger partial charge in [0.15, 0.2) is 16.7 Å².